The molecule has 0 atom stereocenters. The summed E-state index contributed by atoms with van der Waals surface area (Å²) in [6.07, 6.45) is 0. The van der Waals surface area contributed by atoms with Crippen LogP contribution in [0, 0.1) is 25.2 Å². The Hall–Kier alpha value is -2.06. The number of hydrogen-bond donors (Lipinski definition) is 1. The van der Waals surface area contributed by atoms with Crippen LogP contribution in [0.5, 0.6) is 5.75 Å². The summed E-state index contributed by atoms with van der Waals surface area (Å²) < 4.78 is 6.27. The molecule has 0 radical (unpaired) electrons. The average Bonchev–Trinajstić information content (AvgIpc) is 2.40. The smallest absolute Gasteiger partial charge is 0.266 e. The molecule has 1 aromatic heterocycles. The number of aromatic nitrogens is 1. The molecule has 102 valence electrons. The lowest BCUT2D eigenvalue weighted by Crippen LogP contribution is -2.13. The van der Waals surface area contributed by atoms with Crippen molar-refractivity contribution in [2.45, 2.75) is 13.8 Å². The predicted molar refractivity (Wildman–Crippen MR) is 80.9 cm³/mol. The lowest BCUT2D eigenvalue weighted by atomic mass is 9.99. The van der Waals surface area contributed by atoms with Crippen LogP contribution in [0.2, 0.25) is 0 Å². The Kier molecular flexibility index (Phi) is 3.96. The highest BCUT2D eigenvalue weighted by molar-refractivity contribution is 9.10. The third kappa shape index (κ3) is 2.47. The summed E-state index contributed by atoms with van der Waals surface area (Å²) in [5, 5.41) is 9.22. The lowest BCUT2D eigenvalue weighted by molar-refractivity contribution is 0.416. The van der Waals surface area contributed by atoms with Gasteiger partial charge in [0.25, 0.3) is 5.56 Å². The summed E-state index contributed by atoms with van der Waals surface area (Å²) in [6.45, 7) is 3.73. The first-order valence-corrected chi connectivity index (χ1v) is 6.75. The van der Waals surface area contributed by atoms with Gasteiger partial charge in [0.2, 0.25) is 0 Å². The molecule has 0 spiro atoms. The number of halogens is 1. The molecule has 1 N–H and O–H groups in total. The number of benzene rings is 1. The fourth-order valence-corrected chi connectivity index (χ4v) is 2.39. The van der Waals surface area contributed by atoms with Crippen molar-refractivity contribution in [2.75, 3.05) is 7.11 Å². The fourth-order valence-electron chi connectivity index (χ4n) is 2.05. The van der Waals surface area contributed by atoms with E-state index in [0.29, 0.717) is 17.0 Å². The summed E-state index contributed by atoms with van der Waals surface area (Å²) in [5.74, 6) is 0.632. The van der Waals surface area contributed by atoms with Crippen LogP contribution >= 0.6 is 15.9 Å². The number of aromatic amines is 1. The Bertz CT molecular complexity index is 773. The number of hydrogen-bond acceptors (Lipinski definition) is 3. The molecular formula is C15H13BrN2O2. The summed E-state index contributed by atoms with van der Waals surface area (Å²) in [7, 11) is 1.57. The second kappa shape index (κ2) is 5.51. The minimum Gasteiger partial charge on any atom is -0.496 e. The lowest BCUT2D eigenvalue weighted by Gasteiger charge is -2.12. The standard InChI is InChI=1S/C15H13BrN2O2/c1-8-4-14(20-3)11(6-13(8)16)10-5-9(2)18-15(19)12(10)7-17/h4-6H,1-3H3,(H,18,19). The molecule has 0 aliphatic carbocycles. The topological polar surface area (TPSA) is 65.9 Å². The molecule has 1 heterocycles. The van der Waals surface area contributed by atoms with E-state index in [4.69, 9.17) is 4.74 Å². The van der Waals surface area contributed by atoms with E-state index in [2.05, 4.69) is 20.9 Å². The number of rotatable bonds is 2. The molecule has 20 heavy (non-hydrogen) atoms. The van der Waals surface area contributed by atoms with Crippen LogP contribution in [-0.2, 0) is 0 Å². The van der Waals surface area contributed by atoms with Crippen LogP contribution in [0.3, 0.4) is 0 Å². The summed E-state index contributed by atoms with van der Waals surface area (Å²) in [5.41, 5.74) is 2.71. The van der Waals surface area contributed by atoms with Crippen LogP contribution in [0.15, 0.2) is 27.5 Å². The van der Waals surface area contributed by atoms with Crippen LogP contribution < -0.4 is 10.3 Å². The first-order chi connectivity index (χ1) is 9.47. The molecule has 0 aliphatic rings. The van der Waals surface area contributed by atoms with Crippen molar-refractivity contribution in [1.82, 2.24) is 4.98 Å². The van der Waals surface area contributed by atoms with Gasteiger partial charge in [0.15, 0.2) is 0 Å². The first-order valence-electron chi connectivity index (χ1n) is 5.96. The van der Waals surface area contributed by atoms with Crippen molar-refractivity contribution in [3.8, 4) is 22.9 Å². The zero-order valence-electron chi connectivity index (χ0n) is 11.4. The highest BCUT2D eigenvalue weighted by Crippen LogP contribution is 2.35. The monoisotopic (exact) mass is 332 g/mol. The van der Waals surface area contributed by atoms with Gasteiger partial charge in [0.1, 0.15) is 17.4 Å². The number of ether oxygens (including phenoxy) is 1. The van der Waals surface area contributed by atoms with Crippen LogP contribution in [0.25, 0.3) is 11.1 Å². The van der Waals surface area contributed by atoms with Crippen molar-refractivity contribution in [2.24, 2.45) is 0 Å². The zero-order chi connectivity index (χ0) is 14.9. The van der Waals surface area contributed by atoms with Crippen LogP contribution in [0.1, 0.15) is 16.8 Å². The molecule has 0 aliphatic heterocycles. The van der Waals surface area contributed by atoms with Gasteiger partial charge in [-0.1, -0.05) is 15.9 Å². The van der Waals surface area contributed by atoms with Gasteiger partial charge in [-0.2, -0.15) is 5.26 Å². The molecule has 2 rings (SSSR count). The fraction of sp³-hybridized carbons (Fsp3) is 0.200. The largest absolute Gasteiger partial charge is 0.496 e. The number of pyridine rings is 1. The highest BCUT2D eigenvalue weighted by atomic mass is 79.9. The molecule has 0 bridgehead atoms. The van der Waals surface area contributed by atoms with E-state index in [-0.39, 0.29) is 11.1 Å². The molecule has 2 aromatic rings. The number of methoxy groups -OCH3 is 1. The van der Waals surface area contributed by atoms with Gasteiger partial charge in [-0.25, -0.2) is 0 Å². The van der Waals surface area contributed by atoms with Crippen LogP contribution in [-0.4, -0.2) is 12.1 Å². The van der Waals surface area contributed by atoms with Gasteiger partial charge in [-0.15, -0.1) is 0 Å². The van der Waals surface area contributed by atoms with E-state index in [1.54, 1.807) is 20.1 Å². The Morgan fingerprint density at radius 1 is 1.25 bits per heavy atom. The van der Waals surface area contributed by atoms with Crippen LogP contribution in [0.4, 0.5) is 0 Å². The molecule has 4 nitrogen and oxygen atoms in total. The second-order valence-electron chi connectivity index (χ2n) is 4.48. The number of nitrogens with zero attached hydrogens (tertiary/aromatic N) is 1. The molecule has 0 fully saturated rings. The summed E-state index contributed by atoms with van der Waals surface area (Å²) in [4.78, 5) is 14.5. The number of nitriles is 1. The number of aryl methyl sites for hydroxylation is 2. The third-order valence-electron chi connectivity index (χ3n) is 3.05. The Morgan fingerprint density at radius 2 is 1.95 bits per heavy atom. The second-order valence-corrected chi connectivity index (χ2v) is 5.34. The van der Waals surface area contributed by atoms with E-state index >= 15 is 0 Å². The maximum atomic E-state index is 11.9. The van der Waals surface area contributed by atoms with E-state index in [0.717, 1.165) is 15.6 Å². The minimum absolute atomic E-state index is 0.0876. The zero-order valence-corrected chi connectivity index (χ0v) is 13.0. The van der Waals surface area contributed by atoms with Crippen molar-refractivity contribution in [3.05, 3.63) is 49.8 Å². The first kappa shape index (κ1) is 14.4. The maximum Gasteiger partial charge on any atom is 0.266 e. The quantitative estimate of drug-likeness (QED) is 0.917. The maximum absolute atomic E-state index is 11.9. The average molecular weight is 333 g/mol. The SMILES string of the molecule is COc1cc(C)c(Br)cc1-c1cc(C)[nH]c(=O)c1C#N. The van der Waals surface area contributed by atoms with Gasteiger partial charge in [-0.3, -0.25) is 4.79 Å². The molecule has 0 unspecified atom stereocenters. The molecule has 5 heteroatoms. The highest BCUT2D eigenvalue weighted by Gasteiger charge is 2.15. The van der Waals surface area contributed by atoms with Crippen molar-refractivity contribution >= 4 is 15.9 Å². The van der Waals surface area contributed by atoms with E-state index in [1.165, 1.54) is 0 Å². The number of H-pyrrole nitrogens is 1. The normalized spacial score (nSPS) is 10.2. The molecule has 1 aromatic carbocycles. The van der Waals surface area contributed by atoms with Gasteiger partial charge < -0.3 is 9.72 Å². The van der Waals surface area contributed by atoms with E-state index in [9.17, 15) is 10.1 Å². The Balaban J connectivity index is 2.85. The minimum atomic E-state index is -0.388. The van der Waals surface area contributed by atoms with Crippen molar-refractivity contribution < 1.29 is 4.74 Å². The van der Waals surface area contributed by atoms with Crippen molar-refractivity contribution in [1.29, 1.82) is 5.26 Å². The van der Waals surface area contributed by atoms with Gasteiger partial charge in [0.05, 0.1) is 7.11 Å². The van der Waals surface area contributed by atoms with Crippen molar-refractivity contribution in [3.63, 3.8) is 0 Å². The molecule has 0 saturated carbocycles. The Morgan fingerprint density at radius 3 is 2.55 bits per heavy atom. The molecule has 0 saturated heterocycles. The summed E-state index contributed by atoms with van der Waals surface area (Å²) in [6, 6.07) is 7.47. The Labute approximate surface area is 125 Å². The van der Waals surface area contributed by atoms with E-state index in [1.807, 2.05) is 25.1 Å². The third-order valence-corrected chi connectivity index (χ3v) is 3.91. The molecule has 0 amide bonds. The van der Waals surface area contributed by atoms with Gasteiger partial charge >= 0.3 is 0 Å². The summed E-state index contributed by atoms with van der Waals surface area (Å²) >= 11 is 3.47. The molecular weight excluding hydrogens is 320 g/mol. The van der Waals surface area contributed by atoms with E-state index < -0.39 is 0 Å². The van der Waals surface area contributed by atoms with Gasteiger partial charge in [0, 0.05) is 21.3 Å². The predicted octanol–water partition coefficient (Wildman–Crippen LogP) is 3.30. The van der Waals surface area contributed by atoms with Gasteiger partial charge in [-0.05, 0) is 37.6 Å². The number of nitrogens with one attached hydrogen (secondary N) is 1.